The molecule has 0 saturated carbocycles. The minimum Gasteiger partial charge on any atom is -0.391 e. The number of piperidine rings is 1. The van der Waals surface area contributed by atoms with Crippen molar-refractivity contribution < 1.29 is 67.4 Å². The van der Waals surface area contributed by atoms with Crippen LogP contribution in [-0.2, 0) is 88.0 Å². The monoisotopic (exact) mass is 1480 g/mol. The lowest BCUT2D eigenvalue weighted by molar-refractivity contribution is -0.150. The molecule has 0 bridgehead atoms. The van der Waals surface area contributed by atoms with E-state index in [1.807, 2.05) is 44.2 Å². The number of carbonyl (C=O) groups is 13. The zero-order chi connectivity index (χ0) is 79.5. The summed E-state index contributed by atoms with van der Waals surface area (Å²) in [6, 6.07) is 22.9. The van der Waals surface area contributed by atoms with E-state index in [0.29, 0.717) is 42.7 Å². The van der Waals surface area contributed by atoms with Gasteiger partial charge >= 0.3 is 0 Å². The normalized spacial score (nSPS) is 15.2. The van der Waals surface area contributed by atoms with Crippen molar-refractivity contribution in [1.82, 2.24) is 66.2 Å². The molecule has 1 saturated heterocycles. The first-order valence-electron chi connectivity index (χ1n) is 37.0. The molecule has 1 aliphatic heterocycles. The fourth-order valence-corrected chi connectivity index (χ4v) is 12.8. The number of nitrogens with one attached hydrogen (secondary N) is 6. The first-order chi connectivity index (χ1) is 50.5. The molecule has 1 aliphatic rings. The van der Waals surface area contributed by atoms with Gasteiger partial charge in [-0.1, -0.05) is 163 Å². The molecule has 0 aliphatic carbocycles. The standard InChI is InChI=1S/C80H115N13O14/c1-50(2)44-62(89(13)56(10)95)71(98)81-49-67(97)83-61(77(104)92(16)65(47-60-38-28-20-29-39-60)78(105)91(15)63(45-58-34-24-18-25-35-58)72(99)82-53(7)75(102)93-41-30-21-31-42-93)48-66(96)84-68(51(3)4)74(101)86-70(55(9)94)80(107)88(12)54(8)76(103)90(14)64(46-59-36-26-19-27-37-59)73(100)85-69(52(5)6)79(106)87(11)43-40-57-32-22-17-23-33-57/h17-20,22-29,32-39,50-55,61-65,68-70,94H,21,30-31,40-49H2,1-16H3,(H,81,98)(H,82,99)(H,83,97)(H,84,96)(H,85,100)(H,86,101)/t53-,54-,55+,61-,62-,63-,64-,65-,68+,69-,70-/m0/s1. The third-order valence-electron chi connectivity index (χ3n) is 19.7. The van der Waals surface area contributed by atoms with Crippen LogP contribution in [0.2, 0.25) is 0 Å². The van der Waals surface area contributed by atoms with Crippen LogP contribution in [0, 0.1) is 17.8 Å². The van der Waals surface area contributed by atoms with Crippen LogP contribution >= 0.6 is 0 Å². The zero-order valence-corrected chi connectivity index (χ0v) is 65.2. The average Bonchev–Trinajstić information content (AvgIpc) is 0.807. The van der Waals surface area contributed by atoms with Gasteiger partial charge in [0.1, 0.15) is 60.4 Å². The van der Waals surface area contributed by atoms with E-state index in [0.717, 1.165) is 34.6 Å². The van der Waals surface area contributed by atoms with Crippen LogP contribution in [0.5, 0.6) is 0 Å². The summed E-state index contributed by atoms with van der Waals surface area (Å²) in [5, 5.41) is 27.3. The van der Waals surface area contributed by atoms with Gasteiger partial charge in [-0.05, 0) is 92.9 Å². The van der Waals surface area contributed by atoms with Crippen LogP contribution in [-0.4, -0.2) is 251 Å². The van der Waals surface area contributed by atoms with Crippen LogP contribution in [0.25, 0.3) is 0 Å². The van der Waals surface area contributed by atoms with Gasteiger partial charge in [-0.25, -0.2) is 0 Å². The maximum Gasteiger partial charge on any atom is 0.248 e. The van der Waals surface area contributed by atoms with E-state index in [4.69, 9.17) is 0 Å². The van der Waals surface area contributed by atoms with Crippen LogP contribution < -0.4 is 31.9 Å². The summed E-state index contributed by atoms with van der Waals surface area (Å²) in [5.41, 5.74) is 2.97. The lowest BCUT2D eigenvalue weighted by Gasteiger charge is -2.36. The molecule has 4 aromatic rings. The molecule has 11 atom stereocenters. The lowest BCUT2D eigenvalue weighted by atomic mass is 9.99. The van der Waals surface area contributed by atoms with Crippen LogP contribution in [0.1, 0.15) is 124 Å². The highest BCUT2D eigenvalue weighted by molar-refractivity contribution is 6.00. The topological polar surface area (TPSA) is 337 Å². The molecule has 584 valence electrons. The number of aliphatic hydroxyl groups is 1. The number of benzene rings is 4. The molecular weight excluding hydrogens is 1370 g/mol. The molecule has 1 heterocycles. The number of hydrogen-bond donors (Lipinski definition) is 7. The Morgan fingerprint density at radius 2 is 0.879 bits per heavy atom. The Hall–Kier alpha value is -10.1. The fourth-order valence-electron chi connectivity index (χ4n) is 12.8. The Morgan fingerprint density at radius 1 is 0.430 bits per heavy atom. The van der Waals surface area contributed by atoms with Crippen molar-refractivity contribution in [3.8, 4) is 0 Å². The number of carbonyl (C=O) groups excluding carboxylic acids is 13. The van der Waals surface area contributed by atoms with Crippen molar-refractivity contribution in [3.63, 3.8) is 0 Å². The van der Waals surface area contributed by atoms with Gasteiger partial charge in [-0.15, -0.1) is 0 Å². The highest BCUT2D eigenvalue weighted by Crippen LogP contribution is 2.21. The van der Waals surface area contributed by atoms with Gasteiger partial charge in [-0.2, -0.15) is 0 Å². The SMILES string of the molecule is CC(=O)N(C)[C@@H](CC(C)C)C(=O)NCC(=O)N[C@@H](CC(=O)N[C@@H](C(=O)N[C@H](C(=O)N(C)[C@@H](C)C(=O)N(C)[C@@H](Cc1ccccc1)C(=O)N[C@H](C(=O)N(C)CCc1ccccc1)C(C)C)[C@@H](C)O)C(C)C)C(=O)N(C)[C@@H](Cc1ccccc1)C(=O)N(C)[C@@H](Cc1ccccc1)C(=O)N[C@@H](C)C(=O)N1CCCCC1. The third-order valence-corrected chi connectivity index (χ3v) is 19.7. The second kappa shape index (κ2) is 42.3. The predicted molar refractivity (Wildman–Crippen MR) is 407 cm³/mol. The van der Waals surface area contributed by atoms with Gasteiger partial charge in [0.2, 0.25) is 76.8 Å². The number of likely N-dealkylation sites (tertiary alicyclic amines) is 1. The number of nitrogens with zero attached hydrogens (tertiary/aromatic N) is 7. The molecule has 107 heavy (non-hydrogen) atoms. The summed E-state index contributed by atoms with van der Waals surface area (Å²) < 4.78 is 0. The van der Waals surface area contributed by atoms with Crippen molar-refractivity contribution in [1.29, 1.82) is 0 Å². The highest BCUT2D eigenvalue weighted by Gasteiger charge is 2.42. The number of hydrogen-bond acceptors (Lipinski definition) is 14. The maximum atomic E-state index is 15.5. The van der Waals surface area contributed by atoms with Crippen LogP contribution in [0.15, 0.2) is 121 Å². The number of rotatable bonds is 38. The Morgan fingerprint density at radius 3 is 1.35 bits per heavy atom. The fraction of sp³-hybridized carbons (Fsp3) is 0.537. The van der Waals surface area contributed by atoms with Gasteiger partial charge in [0.25, 0.3) is 0 Å². The smallest absolute Gasteiger partial charge is 0.248 e. The number of aliphatic hydroxyl groups excluding tert-OH is 1. The quantitative estimate of drug-likeness (QED) is 0.0339. The number of likely N-dealkylation sites (N-methyl/N-ethyl adjacent to an activating group) is 6. The van der Waals surface area contributed by atoms with Crippen molar-refractivity contribution in [2.45, 2.75) is 194 Å². The second-order valence-corrected chi connectivity index (χ2v) is 29.3. The molecule has 0 aromatic heterocycles. The molecule has 0 radical (unpaired) electrons. The molecule has 27 heteroatoms. The summed E-state index contributed by atoms with van der Waals surface area (Å²) in [5.74, 6) is -10.5. The van der Waals surface area contributed by atoms with Crippen molar-refractivity contribution in [2.24, 2.45) is 17.8 Å². The summed E-state index contributed by atoms with van der Waals surface area (Å²) in [6.45, 7) is 16.7. The minimum atomic E-state index is -1.85. The van der Waals surface area contributed by atoms with Gasteiger partial charge in [0.15, 0.2) is 0 Å². The Balaban J connectivity index is 1.43. The average molecular weight is 1480 g/mol. The summed E-state index contributed by atoms with van der Waals surface area (Å²) in [7, 11) is 8.50. The highest BCUT2D eigenvalue weighted by atomic mass is 16.3. The molecule has 0 unspecified atom stereocenters. The molecule has 1 fully saturated rings. The maximum absolute atomic E-state index is 15.5. The van der Waals surface area contributed by atoms with Gasteiger partial charge < -0.3 is 71.3 Å². The molecular formula is C80H115N13O14. The summed E-state index contributed by atoms with van der Waals surface area (Å²) >= 11 is 0. The molecule has 13 amide bonds. The first kappa shape index (κ1) is 87.6. The van der Waals surface area contributed by atoms with Gasteiger partial charge in [0, 0.05) is 88.1 Å². The van der Waals surface area contributed by atoms with E-state index in [1.165, 1.54) is 70.7 Å². The molecule has 27 nitrogen and oxygen atoms in total. The van der Waals surface area contributed by atoms with E-state index in [1.54, 1.807) is 142 Å². The van der Waals surface area contributed by atoms with Gasteiger partial charge in [0.05, 0.1) is 19.1 Å². The number of amides is 13. The molecule has 4 aromatic carbocycles. The first-order valence-corrected chi connectivity index (χ1v) is 37.0. The van der Waals surface area contributed by atoms with E-state index >= 15 is 9.59 Å². The molecule has 5 rings (SSSR count). The summed E-state index contributed by atoms with van der Waals surface area (Å²) in [6.07, 6.45) is 0.749. The zero-order valence-electron chi connectivity index (χ0n) is 65.2. The van der Waals surface area contributed by atoms with Crippen molar-refractivity contribution in [3.05, 3.63) is 144 Å². The molecule has 0 spiro atoms. The van der Waals surface area contributed by atoms with Gasteiger partial charge in [-0.3, -0.25) is 62.3 Å². The molecule has 7 N–H and O–H groups in total. The van der Waals surface area contributed by atoms with E-state index in [9.17, 15) is 57.8 Å². The second-order valence-electron chi connectivity index (χ2n) is 29.3. The largest absolute Gasteiger partial charge is 0.391 e. The summed E-state index contributed by atoms with van der Waals surface area (Å²) in [4.78, 5) is 196. The van der Waals surface area contributed by atoms with E-state index in [-0.39, 0.29) is 49.3 Å². The Labute approximate surface area is 631 Å². The van der Waals surface area contributed by atoms with Crippen LogP contribution in [0.3, 0.4) is 0 Å². The van der Waals surface area contributed by atoms with Crippen molar-refractivity contribution in [2.75, 3.05) is 68.5 Å². The minimum absolute atomic E-state index is 0.0125. The van der Waals surface area contributed by atoms with Crippen molar-refractivity contribution >= 4 is 76.8 Å². The predicted octanol–water partition coefficient (Wildman–Crippen LogP) is 3.29. The van der Waals surface area contributed by atoms with E-state index in [2.05, 4.69) is 31.9 Å². The Kier molecular flexibility index (Phi) is 34.7. The Bertz CT molecular complexity index is 3640. The third kappa shape index (κ3) is 26.2. The van der Waals surface area contributed by atoms with E-state index < -0.39 is 150 Å². The lowest BCUT2D eigenvalue weighted by Crippen LogP contribution is -2.62. The van der Waals surface area contributed by atoms with Crippen LogP contribution in [0.4, 0.5) is 0 Å².